The molecule has 3 aromatic rings. The molecule has 3 rings (SSSR count). The van der Waals surface area contributed by atoms with Gasteiger partial charge in [0.25, 0.3) is 0 Å². The summed E-state index contributed by atoms with van der Waals surface area (Å²) in [4.78, 5) is 8.17. The van der Waals surface area contributed by atoms with Crippen molar-refractivity contribution in [2.45, 2.75) is 19.8 Å². The van der Waals surface area contributed by atoms with Crippen molar-refractivity contribution in [3.63, 3.8) is 0 Å². The third-order valence-electron chi connectivity index (χ3n) is 3.89. The van der Waals surface area contributed by atoms with Crippen LogP contribution in [0, 0.1) is 12.7 Å². The fraction of sp³-hybridized carbons (Fsp3) is 0.158. The Morgan fingerprint density at radius 2 is 1.93 bits per heavy atom. The topological polar surface area (TPSA) is 77.5 Å². The van der Waals surface area contributed by atoms with Gasteiger partial charge in [0.1, 0.15) is 17.4 Å². The molecule has 10 heteroatoms. The van der Waals surface area contributed by atoms with Gasteiger partial charge in [0.2, 0.25) is 0 Å². The number of anilines is 1. The van der Waals surface area contributed by atoms with E-state index in [0.717, 1.165) is 12.1 Å². The molecule has 0 unspecified atom stereocenters. The molecule has 3 N–H and O–H groups in total. The van der Waals surface area contributed by atoms with Crippen LogP contribution < -0.4 is 15.8 Å². The van der Waals surface area contributed by atoms with E-state index in [2.05, 4.69) is 20.0 Å². The van der Waals surface area contributed by atoms with Crippen LogP contribution in [0.4, 0.5) is 23.2 Å². The van der Waals surface area contributed by atoms with E-state index < -0.39 is 12.2 Å². The van der Waals surface area contributed by atoms with Crippen LogP contribution in [0.2, 0.25) is 0 Å². The number of rotatable bonds is 5. The quantitative estimate of drug-likeness (QED) is 0.379. The van der Waals surface area contributed by atoms with Crippen LogP contribution in [-0.4, -0.2) is 21.9 Å². The van der Waals surface area contributed by atoms with Gasteiger partial charge in [0, 0.05) is 18.1 Å². The lowest BCUT2D eigenvalue weighted by Gasteiger charge is -2.10. The number of aromatic nitrogens is 2. The van der Waals surface area contributed by atoms with Gasteiger partial charge in [-0.25, -0.2) is 14.4 Å². The summed E-state index contributed by atoms with van der Waals surface area (Å²) >= 11 is 0. The molecule has 1 aromatic heterocycles. The summed E-state index contributed by atoms with van der Waals surface area (Å²) in [5.74, 6) is -0.0768. The molecule has 0 spiro atoms. The van der Waals surface area contributed by atoms with Gasteiger partial charge >= 0.3 is 6.36 Å². The molecule has 6 nitrogen and oxygen atoms in total. The molecule has 1 heterocycles. The summed E-state index contributed by atoms with van der Waals surface area (Å²) in [6, 6.07) is 9.73. The van der Waals surface area contributed by atoms with Crippen LogP contribution in [0.1, 0.15) is 11.4 Å². The van der Waals surface area contributed by atoms with Crippen molar-refractivity contribution in [1.82, 2.24) is 9.55 Å². The summed E-state index contributed by atoms with van der Waals surface area (Å²) in [7, 11) is 0. The Bertz CT molecular complexity index is 1010. The first-order valence-electron chi connectivity index (χ1n) is 8.43. The predicted octanol–water partition coefficient (Wildman–Crippen LogP) is 4.15. The highest BCUT2D eigenvalue weighted by Crippen LogP contribution is 2.24. The minimum Gasteiger partial charge on any atom is -0.406 e. The van der Waals surface area contributed by atoms with Gasteiger partial charge in [-0.15, -0.1) is 13.2 Å². The fourth-order valence-corrected chi connectivity index (χ4v) is 2.58. The van der Waals surface area contributed by atoms with Gasteiger partial charge in [-0.2, -0.15) is 0 Å². The van der Waals surface area contributed by atoms with E-state index in [-0.39, 0.29) is 18.3 Å². The standard InChI is InChI=1S/C19H17F4N5O/c1-12-25-8-9-28(12)17-7-2-13(10-16(17)20)11-26-18(24)27-14-3-5-15(6-4-14)29-19(21,22)23/h2-10H,11H2,1H3,(H3,24,26,27). The van der Waals surface area contributed by atoms with Gasteiger partial charge in [0.05, 0.1) is 12.2 Å². The molecule has 0 bridgehead atoms. The lowest BCUT2D eigenvalue weighted by Crippen LogP contribution is -2.22. The lowest BCUT2D eigenvalue weighted by atomic mass is 10.2. The Kier molecular flexibility index (Phi) is 5.71. The van der Waals surface area contributed by atoms with E-state index in [9.17, 15) is 17.6 Å². The highest BCUT2D eigenvalue weighted by Gasteiger charge is 2.30. The van der Waals surface area contributed by atoms with E-state index in [0.29, 0.717) is 22.8 Å². The normalized spacial score (nSPS) is 12.1. The van der Waals surface area contributed by atoms with E-state index in [4.69, 9.17) is 5.73 Å². The zero-order chi connectivity index (χ0) is 21.0. The zero-order valence-corrected chi connectivity index (χ0v) is 15.2. The SMILES string of the molecule is Cc1nccn1-c1ccc(CN=C(N)Nc2ccc(OC(F)(F)F)cc2)cc1F. The maximum absolute atomic E-state index is 14.4. The van der Waals surface area contributed by atoms with E-state index in [1.165, 1.54) is 18.2 Å². The second-order valence-corrected chi connectivity index (χ2v) is 6.03. The number of nitrogens with two attached hydrogens (primary N) is 1. The molecule has 2 aromatic carbocycles. The average molecular weight is 407 g/mol. The van der Waals surface area contributed by atoms with Crippen molar-refractivity contribution in [1.29, 1.82) is 0 Å². The first-order chi connectivity index (χ1) is 13.7. The highest BCUT2D eigenvalue weighted by molar-refractivity contribution is 5.92. The molecule has 0 atom stereocenters. The molecule has 29 heavy (non-hydrogen) atoms. The predicted molar refractivity (Wildman–Crippen MR) is 100 cm³/mol. The molecule has 0 saturated carbocycles. The maximum atomic E-state index is 14.4. The Morgan fingerprint density at radius 1 is 1.21 bits per heavy atom. The largest absolute Gasteiger partial charge is 0.573 e. The monoisotopic (exact) mass is 407 g/mol. The molecule has 0 aliphatic rings. The third kappa shape index (κ3) is 5.47. The second-order valence-electron chi connectivity index (χ2n) is 6.03. The van der Waals surface area contributed by atoms with Crippen LogP contribution in [-0.2, 0) is 6.54 Å². The number of nitrogens with one attached hydrogen (secondary N) is 1. The number of hydrogen-bond donors (Lipinski definition) is 2. The van der Waals surface area contributed by atoms with Gasteiger partial charge < -0.3 is 20.4 Å². The maximum Gasteiger partial charge on any atom is 0.573 e. The molecule has 0 aliphatic heterocycles. The highest BCUT2D eigenvalue weighted by atomic mass is 19.4. The number of guanidine groups is 1. The first-order valence-corrected chi connectivity index (χ1v) is 8.43. The molecule has 0 fully saturated rings. The van der Waals surface area contributed by atoms with Gasteiger partial charge in [-0.05, 0) is 48.9 Å². The number of hydrogen-bond acceptors (Lipinski definition) is 3. The third-order valence-corrected chi connectivity index (χ3v) is 3.89. The minimum atomic E-state index is -4.75. The lowest BCUT2D eigenvalue weighted by molar-refractivity contribution is -0.274. The molecule has 0 saturated heterocycles. The van der Waals surface area contributed by atoms with Gasteiger partial charge in [-0.3, -0.25) is 0 Å². The number of aliphatic imine (C=N–C) groups is 1. The van der Waals surface area contributed by atoms with Crippen molar-refractivity contribution in [3.05, 3.63) is 72.1 Å². The molecule has 0 radical (unpaired) electrons. The van der Waals surface area contributed by atoms with E-state index in [1.54, 1.807) is 36.0 Å². The Balaban J connectivity index is 1.62. The molecule has 0 aliphatic carbocycles. The zero-order valence-electron chi connectivity index (χ0n) is 15.2. The number of benzene rings is 2. The Hall–Kier alpha value is -3.56. The van der Waals surface area contributed by atoms with Crippen LogP contribution >= 0.6 is 0 Å². The smallest absolute Gasteiger partial charge is 0.406 e. The van der Waals surface area contributed by atoms with Crippen molar-refractivity contribution in [2.75, 3.05) is 5.32 Å². The summed E-state index contributed by atoms with van der Waals surface area (Å²) in [6.45, 7) is 1.89. The van der Waals surface area contributed by atoms with Crippen molar-refractivity contribution >= 4 is 11.6 Å². The van der Waals surface area contributed by atoms with Crippen LogP contribution in [0.15, 0.2) is 59.9 Å². The molecule has 152 valence electrons. The molecular formula is C19H17F4N5O. The second kappa shape index (κ2) is 8.21. The molecular weight excluding hydrogens is 390 g/mol. The summed E-state index contributed by atoms with van der Waals surface area (Å²) in [5, 5.41) is 2.74. The Morgan fingerprint density at radius 3 is 2.52 bits per heavy atom. The Labute approximate surface area is 163 Å². The van der Waals surface area contributed by atoms with E-state index >= 15 is 0 Å². The van der Waals surface area contributed by atoms with Crippen LogP contribution in [0.5, 0.6) is 5.75 Å². The number of halogens is 4. The minimum absolute atomic E-state index is 0.0319. The van der Waals surface area contributed by atoms with Crippen molar-refractivity contribution < 1.29 is 22.3 Å². The number of aryl methyl sites for hydroxylation is 1. The van der Waals surface area contributed by atoms with Crippen molar-refractivity contribution in [2.24, 2.45) is 10.7 Å². The van der Waals surface area contributed by atoms with Gasteiger partial charge in [-0.1, -0.05) is 6.07 Å². The van der Waals surface area contributed by atoms with Crippen LogP contribution in [0.3, 0.4) is 0 Å². The fourth-order valence-electron chi connectivity index (χ4n) is 2.58. The number of nitrogens with zero attached hydrogens (tertiary/aromatic N) is 3. The number of imidazole rings is 1. The number of alkyl halides is 3. The van der Waals surface area contributed by atoms with E-state index in [1.807, 2.05) is 0 Å². The van der Waals surface area contributed by atoms with Gasteiger partial charge in [0.15, 0.2) is 5.96 Å². The summed E-state index contributed by atoms with van der Waals surface area (Å²) in [5.41, 5.74) is 7.18. The summed E-state index contributed by atoms with van der Waals surface area (Å²) < 4.78 is 56.3. The van der Waals surface area contributed by atoms with Crippen molar-refractivity contribution in [3.8, 4) is 11.4 Å². The summed E-state index contributed by atoms with van der Waals surface area (Å²) in [6.07, 6.45) is -1.50. The van der Waals surface area contributed by atoms with Crippen LogP contribution in [0.25, 0.3) is 5.69 Å². The molecule has 0 amide bonds. The average Bonchev–Trinajstić information content (AvgIpc) is 3.06. The first kappa shape index (κ1) is 20.2. The number of ether oxygens (including phenoxy) is 1.